The molecule has 1 aromatic rings. The Morgan fingerprint density at radius 1 is 1.26 bits per heavy atom. The average molecular weight is 277 g/mol. The minimum atomic E-state index is -4.61. The number of nitrogens with one attached hydrogen (secondary N) is 1. The highest BCUT2D eigenvalue weighted by Gasteiger charge is 2.36. The van der Waals surface area contributed by atoms with Gasteiger partial charge in [-0.3, -0.25) is 4.98 Å². The number of carbonyl (C=O) groups excluding carboxylic acids is 1. The molecule has 0 saturated carbocycles. The number of carbonyl (C=O) groups is 1. The quantitative estimate of drug-likeness (QED) is 0.902. The second-order valence-corrected chi connectivity index (χ2v) is 4.70. The van der Waals surface area contributed by atoms with Crippen molar-refractivity contribution in [3.63, 3.8) is 0 Å². The lowest BCUT2D eigenvalue weighted by Gasteiger charge is -2.19. The first kappa shape index (κ1) is 15.2. The van der Waals surface area contributed by atoms with Gasteiger partial charge in [0.25, 0.3) is 0 Å². The highest BCUT2D eigenvalue weighted by atomic mass is 19.4. The van der Waals surface area contributed by atoms with E-state index in [1.54, 1.807) is 20.8 Å². The van der Waals surface area contributed by atoms with E-state index >= 15 is 0 Å². The van der Waals surface area contributed by atoms with Crippen LogP contribution in [0.25, 0.3) is 0 Å². The van der Waals surface area contributed by atoms with Crippen molar-refractivity contribution in [2.24, 2.45) is 0 Å². The lowest BCUT2D eigenvalue weighted by atomic mass is 10.2. The molecule has 0 aliphatic heterocycles. The van der Waals surface area contributed by atoms with Crippen LogP contribution in [-0.2, 0) is 17.5 Å². The van der Waals surface area contributed by atoms with E-state index in [1.165, 1.54) is 0 Å². The van der Waals surface area contributed by atoms with Crippen LogP contribution in [0.4, 0.5) is 18.0 Å². The average Bonchev–Trinajstić information content (AvgIpc) is 2.23. The van der Waals surface area contributed by atoms with Crippen molar-refractivity contribution in [1.29, 1.82) is 0 Å². The number of alkyl halides is 3. The van der Waals surface area contributed by atoms with Crippen LogP contribution in [0, 0.1) is 0 Å². The molecule has 1 heterocycles. The van der Waals surface area contributed by atoms with Crippen LogP contribution in [0.5, 0.6) is 0 Å². The molecule has 0 bridgehead atoms. The van der Waals surface area contributed by atoms with E-state index in [2.05, 4.69) is 15.3 Å². The zero-order valence-corrected chi connectivity index (χ0v) is 10.7. The Kier molecular flexibility index (Phi) is 4.33. The highest BCUT2D eigenvalue weighted by Crippen LogP contribution is 2.29. The summed E-state index contributed by atoms with van der Waals surface area (Å²) in [5.41, 5.74) is -2.20. The third-order valence-electron chi connectivity index (χ3n) is 1.84. The van der Waals surface area contributed by atoms with E-state index in [0.29, 0.717) is 0 Å². The summed E-state index contributed by atoms with van der Waals surface area (Å²) < 4.78 is 42.7. The van der Waals surface area contributed by atoms with E-state index in [9.17, 15) is 18.0 Å². The monoisotopic (exact) mass is 277 g/mol. The molecule has 19 heavy (non-hydrogen) atoms. The maximum absolute atomic E-state index is 12.6. The second kappa shape index (κ2) is 5.41. The van der Waals surface area contributed by atoms with Gasteiger partial charge in [0.1, 0.15) is 5.60 Å². The third-order valence-corrected chi connectivity index (χ3v) is 1.84. The number of alkyl carbamates (subject to hydrolysis) is 1. The zero-order valence-electron chi connectivity index (χ0n) is 10.7. The lowest BCUT2D eigenvalue weighted by molar-refractivity contribution is -0.142. The summed E-state index contributed by atoms with van der Waals surface area (Å²) in [6, 6.07) is 0. The summed E-state index contributed by atoms with van der Waals surface area (Å²) in [6.07, 6.45) is -3.35. The Morgan fingerprint density at radius 3 is 2.37 bits per heavy atom. The fourth-order valence-corrected chi connectivity index (χ4v) is 1.20. The van der Waals surface area contributed by atoms with Gasteiger partial charge in [-0.15, -0.1) is 0 Å². The molecule has 0 saturated heterocycles. The van der Waals surface area contributed by atoms with Crippen LogP contribution in [-0.4, -0.2) is 21.7 Å². The largest absolute Gasteiger partial charge is 0.444 e. The Morgan fingerprint density at radius 2 is 1.84 bits per heavy atom. The lowest BCUT2D eigenvalue weighted by Crippen LogP contribution is -2.33. The van der Waals surface area contributed by atoms with Gasteiger partial charge in [-0.1, -0.05) is 0 Å². The van der Waals surface area contributed by atoms with Gasteiger partial charge in [-0.25, -0.2) is 9.78 Å². The van der Waals surface area contributed by atoms with Gasteiger partial charge in [0, 0.05) is 12.4 Å². The molecule has 0 aliphatic rings. The van der Waals surface area contributed by atoms with E-state index < -0.39 is 30.1 Å². The number of nitrogens with zero attached hydrogens (tertiary/aromatic N) is 2. The van der Waals surface area contributed by atoms with Gasteiger partial charge in [0.15, 0.2) is 5.69 Å². The first-order chi connectivity index (χ1) is 8.59. The number of hydrogen-bond donors (Lipinski definition) is 1. The summed E-state index contributed by atoms with van der Waals surface area (Å²) in [7, 11) is 0. The van der Waals surface area contributed by atoms with Gasteiger partial charge in [0.05, 0.1) is 12.2 Å². The maximum atomic E-state index is 12.6. The molecule has 0 aliphatic carbocycles. The summed E-state index contributed by atoms with van der Waals surface area (Å²) >= 11 is 0. The van der Waals surface area contributed by atoms with E-state index in [4.69, 9.17) is 4.74 Å². The molecule has 0 fully saturated rings. The maximum Gasteiger partial charge on any atom is 0.435 e. The second-order valence-electron chi connectivity index (χ2n) is 4.70. The van der Waals surface area contributed by atoms with Crippen molar-refractivity contribution in [1.82, 2.24) is 15.3 Å². The van der Waals surface area contributed by atoms with Gasteiger partial charge < -0.3 is 10.1 Å². The van der Waals surface area contributed by atoms with Crippen molar-refractivity contribution in [2.75, 3.05) is 0 Å². The van der Waals surface area contributed by atoms with Crippen molar-refractivity contribution in [3.8, 4) is 0 Å². The molecule has 1 N–H and O–H groups in total. The molecule has 1 aromatic heterocycles. The number of aromatic nitrogens is 2. The van der Waals surface area contributed by atoms with E-state index in [1.807, 2.05) is 0 Å². The molecule has 5 nitrogen and oxygen atoms in total. The normalized spacial score (nSPS) is 12.1. The fraction of sp³-hybridized carbons (Fsp3) is 0.545. The molecule has 1 rings (SSSR count). The summed E-state index contributed by atoms with van der Waals surface area (Å²) in [5.74, 6) is 0. The Balaban J connectivity index is 2.71. The number of halogens is 3. The topological polar surface area (TPSA) is 64.1 Å². The van der Waals surface area contributed by atoms with E-state index in [0.717, 1.165) is 12.4 Å². The molecular weight excluding hydrogens is 263 g/mol. The first-order valence-corrected chi connectivity index (χ1v) is 5.43. The molecule has 0 atom stereocenters. The molecule has 0 spiro atoms. The summed E-state index contributed by atoms with van der Waals surface area (Å²) in [6.45, 7) is 4.54. The van der Waals surface area contributed by atoms with Crippen LogP contribution in [0.3, 0.4) is 0 Å². The standard InChI is InChI=1S/C11H14F3N3O2/c1-10(2,3)19-9(18)17-6-7-8(11(12,13)14)16-5-4-15-7/h4-5H,6H2,1-3H3,(H,17,18). The Bertz CT molecular complexity index is 455. The highest BCUT2D eigenvalue weighted by molar-refractivity contribution is 5.67. The minimum absolute atomic E-state index is 0.360. The predicted molar refractivity (Wildman–Crippen MR) is 60.1 cm³/mol. The Labute approximate surface area is 108 Å². The number of hydrogen-bond acceptors (Lipinski definition) is 4. The van der Waals surface area contributed by atoms with Crippen molar-refractivity contribution in [3.05, 3.63) is 23.8 Å². The zero-order chi connectivity index (χ0) is 14.7. The summed E-state index contributed by atoms with van der Waals surface area (Å²) in [5, 5.41) is 2.20. The van der Waals surface area contributed by atoms with Crippen LogP contribution in [0.15, 0.2) is 12.4 Å². The van der Waals surface area contributed by atoms with Crippen molar-refractivity contribution in [2.45, 2.75) is 39.1 Å². The van der Waals surface area contributed by atoms with Crippen molar-refractivity contribution < 1.29 is 22.7 Å². The van der Waals surface area contributed by atoms with Gasteiger partial charge >= 0.3 is 12.3 Å². The van der Waals surface area contributed by atoms with Crippen LogP contribution in [0.1, 0.15) is 32.2 Å². The molecule has 0 aromatic carbocycles. The summed E-state index contributed by atoms with van der Waals surface area (Å²) in [4.78, 5) is 18.1. The van der Waals surface area contributed by atoms with Crippen molar-refractivity contribution >= 4 is 6.09 Å². The van der Waals surface area contributed by atoms with E-state index in [-0.39, 0.29) is 5.69 Å². The van der Waals surface area contributed by atoms with Crippen LogP contribution in [0.2, 0.25) is 0 Å². The predicted octanol–water partition coefficient (Wildman–Crippen LogP) is 2.52. The van der Waals surface area contributed by atoms with Gasteiger partial charge in [-0.05, 0) is 20.8 Å². The van der Waals surface area contributed by atoms with Gasteiger partial charge in [0.2, 0.25) is 0 Å². The minimum Gasteiger partial charge on any atom is -0.444 e. The SMILES string of the molecule is CC(C)(C)OC(=O)NCc1nccnc1C(F)(F)F. The third kappa shape index (κ3) is 5.11. The number of rotatable bonds is 2. The smallest absolute Gasteiger partial charge is 0.435 e. The van der Waals surface area contributed by atoms with Gasteiger partial charge in [-0.2, -0.15) is 13.2 Å². The fourth-order valence-electron chi connectivity index (χ4n) is 1.20. The number of amides is 1. The molecule has 0 radical (unpaired) electrons. The first-order valence-electron chi connectivity index (χ1n) is 5.43. The molecule has 106 valence electrons. The molecule has 8 heteroatoms. The number of ether oxygens (including phenoxy) is 1. The van der Waals surface area contributed by atoms with Crippen LogP contribution >= 0.6 is 0 Å². The van der Waals surface area contributed by atoms with Crippen LogP contribution < -0.4 is 5.32 Å². The molecule has 1 amide bonds. The molecular formula is C11H14F3N3O2. The molecule has 0 unspecified atom stereocenters. The Hall–Kier alpha value is -1.86.